The van der Waals surface area contributed by atoms with Crippen molar-refractivity contribution >= 4 is 42.3 Å². The van der Waals surface area contributed by atoms with Gasteiger partial charge in [-0.25, -0.2) is 4.98 Å². The van der Waals surface area contributed by atoms with Gasteiger partial charge in [-0.2, -0.15) is 4.98 Å². The first kappa shape index (κ1) is 18.2. The molecular weight excluding hydrogens is 375 g/mol. The third kappa shape index (κ3) is 4.07. The molecule has 0 unspecified atom stereocenters. The predicted molar refractivity (Wildman–Crippen MR) is 116 cm³/mol. The number of anilines is 3. The fourth-order valence-electron chi connectivity index (χ4n) is 3.46. The minimum atomic E-state index is -0.232. The average molecular weight is 397 g/mol. The van der Waals surface area contributed by atoms with Gasteiger partial charge >= 0.3 is 0 Å². The van der Waals surface area contributed by atoms with E-state index >= 15 is 0 Å². The normalized spacial score (nSPS) is 13.6. The molecule has 138 valence electrons. The molecule has 0 amide bonds. The Kier molecular flexibility index (Phi) is 5.29. The van der Waals surface area contributed by atoms with Crippen molar-refractivity contribution in [1.82, 2.24) is 9.97 Å². The van der Waals surface area contributed by atoms with E-state index in [1.807, 2.05) is 6.07 Å². The van der Waals surface area contributed by atoms with E-state index in [-0.39, 0.29) is 7.92 Å². The van der Waals surface area contributed by atoms with Gasteiger partial charge in [-0.05, 0) is 48.7 Å². The summed E-state index contributed by atoms with van der Waals surface area (Å²) in [6.07, 6.45) is 3.64. The lowest BCUT2D eigenvalue weighted by Crippen LogP contribution is -2.21. The third-order valence-electron chi connectivity index (χ3n) is 4.77. The molecule has 1 aromatic heterocycles. The van der Waals surface area contributed by atoms with Crippen molar-refractivity contribution in [3.63, 3.8) is 0 Å². The molecule has 1 aliphatic carbocycles. The molecular formula is C21H22ClN4P. The summed E-state index contributed by atoms with van der Waals surface area (Å²) in [5.41, 5.74) is 3.85. The minimum Gasteiger partial charge on any atom is -0.351 e. The maximum Gasteiger partial charge on any atom is 0.224 e. The second-order valence-corrected chi connectivity index (χ2v) is 9.62. The van der Waals surface area contributed by atoms with Gasteiger partial charge in [0.2, 0.25) is 5.95 Å². The van der Waals surface area contributed by atoms with E-state index in [9.17, 15) is 0 Å². The molecule has 1 heterocycles. The number of hydrogen-bond donors (Lipinski definition) is 2. The van der Waals surface area contributed by atoms with Gasteiger partial charge in [0.15, 0.2) is 5.82 Å². The largest absolute Gasteiger partial charge is 0.351 e. The van der Waals surface area contributed by atoms with E-state index in [4.69, 9.17) is 11.6 Å². The molecule has 0 saturated carbocycles. The Labute approximate surface area is 166 Å². The number of nitrogens with zero attached hydrogens (tertiary/aromatic N) is 2. The Bertz CT molecular complexity index is 935. The molecule has 0 aliphatic heterocycles. The number of nitrogens with one attached hydrogen (secondary N) is 2. The topological polar surface area (TPSA) is 49.8 Å². The van der Waals surface area contributed by atoms with Crippen LogP contribution in [0.5, 0.6) is 0 Å². The maximum atomic E-state index is 6.36. The van der Waals surface area contributed by atoms with Crippen LogP contribution in [-0.2, 0) is 12.8 Å². The minimum absolute atomic E-state index is 0.232. The summed E-state index contributed by atoms with van der Waals surface area (Å²) in [6, 6.07) is 17.2. The molecule has 1 aliphatic rings. The van der Waals surface area contributed by atoms with Crippen LogP contribution < -0.4 is 15.9 Å². The van der Waals surface area contributed by atoms with Crippen molar-refractivity contribution in [2.75, 3.05) is 24.0 Å². The van der Waals surface area contributed by atoms with Gasteiger partial charge in [-0.3, -0.25) is 0 Å². The first-order chi connectivity index (χ1) is 13.1. The summed E-state index contributed by atoms with van der Waals surface area (Å²) in [5, 5.41) is 8.67. The first-order valence-corrected chi connectivity index (χ1v) is 11.6. The molecule has 2 N–H and O–H groups in total. The van der Waals surface area contributed by atoms with E-state index < -0.39 is 0 Å². The van der Waals surface area contributed by atoms with Crippen LogP contribution >= 0.6 is 19.5 Å². The number of halogens is 1. The standard InChI is InChI=1S/C21H22ClN4P/c1-27(2)19-10-6-5-9-18(19)25-20-17(22)13-23-21(26-20)24-16-11-14-7-3-4-8-15(14)12-16/h3-10,13,16H,11-12H2,1-2H3,(H2,23,24,25,26). The van der Waals surface area contributed by atoms with E-state index in [0.717, 1.165) is 18.5 Å². The molecule has 0 atom stereocenters. The van der Waals surface area contributed by atoms with Gasteiger partial charge in [-0.15, -0.1) is 0 Å². The summed E-state index contributed by atoms with van der Waals surface area (Å²) < 4.78 is 0. The quantitative estimate of drug-likeness (QED) is 0.607. The molecule has 0 radical (unpaired) electrons. The molecule has 6 heteroatoms. The van der Waals surface area contributed by atoms with Crippen LogP contribution in [0.3, 0.4) is 0 Å². The first-order valence-electron chi connectivity index (χ1n) is 8.99. The van der Waals surface area contributed by atoms with Crippen molar-refractivity contribution in [1.29, 1.82) is 0 Å². The highest BCUT2D eigenvalue weighted by Gasteiger charge is 2.21. The number of hydrogen-bond acceptors (Lipinski definition) is 4. The van der Waals surface area contributed by atoms with Gasteiger partial charge < -0.3 is 10.6 Å². The molecule has 3 aromatic rings. The molecule has 2 aromatic carbocycles. The van der Waals surface area contributed by atoms with Gasteiger partial charge in [0, 0.05) is 11.7 Å². The van der Waals surface area contributed by atoms with Crippen LogP contribution in [-0.4, -0.2) is 29.3 Å². The Balaban J connectivity index is 1.53. The highest BCUT2D eigenvalue weighted by atomic mass is 35.5. The number of rotatable bonds is 5. The Morgan fingerprint density at radius 1 is 1.00 bits per heavy atom. The molecule has 0 spiro atoms. The highest BCUT2D eigenvalue weighted by Crippen LogP contribution is 2.31. The fraction of sp³-hybridized carbons (Fsp3) is 0.238. The van der Waals surface area contributed by atoms with Crippen LogP contribution in [0.25, 0.3) is 0 Å². The third-order valence-corrected chi connectivity index (χ3v) is 6.40. The zero-order valence-electron chi connectivity index (χ0n) is 15.4. The summed E-state index contributed by atoms with van der Waals surface area (Å²) in [5.74, 6) is 1.24. The van der Waals surface area contributed by atoms with Crippen molar-refractivity contribution < 1.29 is 0 Å². The molecule has 0 fully saturated rings. The Morgan fingerprint density at radius 2 is 1.67 bits per heavy atom. The zero-order chi connectivity index (χ0) is 18.8. The molecule has 0 saturated heterocycles. The van der Waals surface area contributed by atoms with Crippen LogP contribution in [0.4, 0.5) is 17.5 Å². The number of fused-ring (bicyclic) bond motifs is 1. The zero-order valence-corrected chi connectivity index (χ0v) is 17.1. The fourth-order valence-corrected chi connectivity index (χ4v) is 4.60. The van der Waals surface area contributed by atoms with Crippen LogP contribution in [0.2, 0.25) is 5.02 Å². The lowest BCUT2D eigenvalue weighted by Gasteiger charge is -2.16. The number of benzene rings is 2. The van der Waals surface area contributed by atoms with Crippen molar-refractivity contribution in [3.05, 3.63) is 70.9 Å². The van der Waals surface area contributed by atoms with E-state index in [1.54, 1.807) is 6.20 Å². The van der Waals surface area contributed by atoms with E-state index in [1.165, 1.54) is 16.4 Å². The summed E-state index contributed by atoms with van der Waals surface area (Å²) >= 11 is 6.36. The SMILES string of the molecule is CP(C)c1ccccc1Nc1nc(NC2Cc3ccccc3C2)ncc1Cl. The van der Waals surface area contributed by atoms with Gasteiger partial charge in [0.25, 0.3) is 0 Å². The monoisotopic (exact) mass is 396 g/mol. The number of para-hydroxylation sites is 1. The van der Waals surface area contributed by atoms with Gasteiger partial charge in [-0.1, -0.05) is 62.0 Å². The smallest absolute Gasteiger partial charge is 0.224 e. The van der Waals surface area contributed by atoms with Crippen molar-refractivity contribution in [2.24, 2.45) is 0 Å². The van der Waals surface area contributed by atoms with E-state index in [0.29, 0.717) is 22.8 Å². The second-order valence-electron chi connectivity index (χ2n) is 6.94. The van der Waals surface area contributed by atoms with Gasteiger partial charge in [0.1, 0.15) is 5.02 Å². The highest BCUT2D eigenvalue weighted by molar-refractivity contribution is 7.64. The lowest BCUT2D eigenvalue weighted by atomic mass is 10.1. The Morgan fingerprint density at radius 3 is 2.37 bits per heavy atom. The summed E-state index contributed by atoms with van der Waals surface area (Å²) in [7, 11) is -0.232. The van der Waals surface area contributed by atoms with Gasteiger partial charge in [0.05, 0.1) is 6.20 Å². The lowest BCUT2D eigenvalue weighted by molar-refractivity contribution is 0.762. The maximum absolute atomic E-state index is 6.36. The molecule has 4 rings (SSSR count). The molecule has 4 nitrogen and oxygen atoms in total. The van der Waals surface area contributed by atoms with Crippen LogP contribution in [0, 0.1) is 0 Å². The van der Waals surface area contributed by atoms with Crippen molar-refractivity contribution in [2.45, 2.75) is 18.9 Å². The molecule has 27 heavy (non-hydrogen) atoms. The summed E-state index contributed by atoms with van der Waals surface area (Å²) in [6.45, 7) is 4.48. The molecule has 0 bridgehead atoms. The predicted octanol–water partition coefficient (Wildman–Crippen LogP) is 4.82. The second kappa shape index (κ2) is 7.84. The van der Waals surface area contributed by atoms with Crippen LogP contribution in [0.1, 0.15) is 11.1 Å². The van der Waals surface area contributed by atoms with E-state index in [2.05, 4.69) is 76.4 Å². The Hall–Kier alpha value is -2.16. The number of aromatic nitrogens is 2. The van der Waals surface area contributed by atoms with Crippen molar-refractivity contribution in [3.8, 4) is 0 Å². The summed E-state index contributed by atoms with van der Waals surface area (Å²) in [4.78, 5) is 9.01. The van der Waals surface area contributed by atoms with Crippen LogP contribution in [0.15, 0.2) is 54.7 Å². The average Bonchev–Trinajstić information content (AvgIpc) is 3.07.